The smallest absolute Gasteiger partial charge is 0.407 e. The Bertz CT molecular complexity index is 1210. The van der Waals surface area contributed by atoms with E-state index >= 15 is 0 Å². The van der Waals surface area contributed by atoms with Gasteiger partial charge in [-0.1, -0.05) is 48.5 Å². The number of anilines is 1. The van der Waals surface area contributed by atoms with E-state index in [2.05, 4.69) is 15.7 Å². The molecule has 35 heavy (non-hydrogen) atoms. The lowest BCUT2D eigenvalue weighted by atomic mass is 9.98. The van der Waals surface area contributed by atoms with Crippen LogP contribution >= 0.6 is 0 Å². The first-order valence-corrected chi connectivity index (χ1v) is 11.1. The Morgan fingerprint density at radius 1 is 1.09 bits per heavy atom. The molecule has 2 amide bonds. The molecule has 3 aromatic rings. The molecule has 3 N–H and O–H groups in total. The number of fused-ring (bicyclic) bond motifs is 3. The van der Waals surface area contributed by atoms with Crippen molar-refractivity contribution in [3.05, 3.63) is 71.4 Å². The van der Waals surface area contributed by atoms with Crippen LogP contribution < -0.4 is 10.6 Å². The molecule has 10 heteroatoms. The lowest BCUT2D eigenvalue weighted by Crippen LogP contribution is -2.45. The third-order valence-electron chi connectivity index (χ3n) is 5.97. The largest absolute Gasteiger partial charge is 0.477 e. The predicted octanol–water partition coefficient (Wildman–Crippen LogP) is 3.00. The zero-order valence-corrected chi connectivity index (χ0v) is 19.4. The van der Waals surface area contributed by atoms with Crippen molar-refractivity contribution in [1.82, 2.24) is 15.1 Å². The number of nitrogens with zero attached hydrogens (tertiary/aromatic N) is 2. The summed E-state index contributed by atoms with van der Waals surface area (Å²) in [6.45, 7) is 0.294. The Kier molecular flexibility index (Phi) is 7.11. The third kappa shape index (κ3) is 5.02. The fourth-order valence-corrected chi connectivity index (χ4v) is 4.23. The van der Waals surface area contributed by atoms with Crippen LogP contribution in [0.1, 0.15) is 33.8 Å². The molecule has 1 unspecified atom stereocenters. The Labute approximate surface area is 201 Å². The summed E-state index contributed by atoms with van der Waals surface area (Å²) in [5.41, 5.74) is 4.22. The van der Waals surface area contributed by atoms with Crippen LogP contribution in [0.4, 0.5) is 10.6 Å². The van der Waals surface area contributed by atoms with Crippen LogP contribution in [-0.2, 0) is 21.3 Å². The lowest BCUT2D eigenvalue weighted by molar-refractivity contribution is -0.118. The molecule has 0 aliphatic heterocycles. The molecule has 0 spiro atoms. The number of carbonyl (C=O) groups excluding carboxylic acids is 2. The highest BCUT2D eigenvalue weighted by molar-refractivity contribution is 6.01. The Hall–Kier alpha value is -4.18. The topological polar surface area (TPSA) is 132 Å². The molecular weight excluding hydrogens is 452 g/mol. The molecule has 1 aliphatic rings. The fourth-order valence-electron chi connectivity index (χ4n) is 4.23. The van der Waals surface area contributed by atoms with Crippen LogP contribution in [0.3, 0.4) is 0 Å². The van der Waals surface area contributed by atoms with Gasteiger partial charge in [-0.15, -0.1) is 0 Å². The number of aryl methyl sites for hydroxylation is 1. The van der Waals surface area contributed by atoms with Gasteiger partial charge in [-0.05, 0) is 22.3 Å². The highest BCUT2D eigenvalue weighted by atomic mass is 16.5. The molecule has 0 saturated carbocycles. The molecular formula is C25H26N4O6. The highest BCUT2D eigenvalue weighted by Crippen LogP contribution is 2.44. The van der Waals surface area contributed by atoms with Crippen molar-refractivity contribution in [3.8, 4) is 11.1 Å². The molecule has 1 atom stereocenters. The summed E-state index contributed by atoms with van der Waals surface area (Å²) in [6, 6.07) is 15.0. The van der Waals surface area contributed by atoms with Gasteiger partial charge in [0.05, 0.1) is 6.20 Å². The van der Waals surface area contributed by atoms with Gasteiger partial charge in [0.1, 0.15) is 24.0 Å². The van der Waals surface area contributed by atoms with Gasteiger partial charge in [-0.2, -0.15) is 5.10 Å². The Morgan fingerprint density at radius 3 is 2.31 bits per heavy atom. The number of methoxy groups -OCH3 is 1. The van der Waals surface area contributed by atoms with Crippen LogP contribution in [-0.4, -0.2) is 59.2 Å². The maximum absolute atomic E-state index is 12.9. The number of hydrogen-bond acceptors (Lipinski definition) is 6. The normalized spacial score (nSPS) is 13.0. The maximum Gasteiger partial charge on any atom is 0.407 e. The second-order valence-electron chi connectivity index (χ2n) is 8.13. The first kappa shape index (κ1) is 24.0. The summed E-state index contributed by atoms with van der Waals surface area (Å²) in [5, 5.41) is 18.3. The molecule has 0 saturated heterocycles. The summed E-state index contributed by atoms with van der Waals surface area (Å²) in [4.78, 5) is 37.0. The van der Waals surface area contributed by atoms with Crippen molar-refractivity contribution in [2.24, 2.45) is 7.05 Å². The Balaban J connectivity index is 1.44. The number of amides is 2. The summed E-state index contributed by atoms with van der Waals surface area (Å²) in [7, 11) is 2.98. The van der Waals surface area contributed by atoms with Gasteiger partial charge in [0.15, 0.2) is 0 Å². The van der Waals surface area contributed by atoms with E-state index < -0.39 is 24.0 Å². The summed E-state index contributed by atoms with van der Waals surface area (Å²) < 4.78 is 11.8. The van der Waals surface area contributed by atoms with Crippen LogP contribution in [0.15, 0.2) is 54.7 Å². The molecule has 0 radical (unpaired) electrons. The standard InChI is InChI=1S/C25H26N4O6/c1-29-22(19(13-26-29)24(31)32)28-23(30)21(11-12-34-2)27-25(33)35-14-20-17-9-5-3-7-15(17)16-8-4-6-10-18(16)20/h3-10,13,20-21H,11-12,14H2,1-2H3,(H,27,33)(H,28,30)(H,31,32). The first-order valence-electron chi connectivity index (χ1n) is 11.1. The molecule has 0 bridgehead atoms. The number of alkyl carbamates (subject to hydrolysis) is 1. The van der Waals surface area contributed by atoms with E-state index in [4.69, 9.17) is 9.47 Å². The van der Waals surface area contributed by atoms with E-state index in [0.29, 0.717) is 0 Å². The van der Waals surface area contributed by atoms with E-state index in [1.54, 1.807) is 0 Å². The van der Waals surface area contributed by atoms with Crippen LogP contribution in [0.25, 0.3) is 11.1 Å². The molecule has 2 aromatic carbocycles. The van der Waals surface area contributed by atoms with Gasteiger partial charge in [-0.3, -0.25) is 9.48 Å². The number of nitrogens with one attached hydrogen (secondary N) is 2. The van der Waals surface area contributed by atoms with Crippen molar-refractivity contribution in [2.45, 2.75) is 18.4 Å². The minimum Gasteiger partial charge on any atom is -0.477 e. The van der Waals surface area contributed by atoms with Crippen molar-refractivity contribution >= 4 is 23.8 Å². The van der Waals surface area contributed by atoms with Gasteiger partial charge in [0, 0.05) is 33.1 Å². The number of rotatable bonds is 9. The second-order valence-corrected chi connectivity index (χ2v) is 8.13. The zero-order valence-electron chi connectivity index (χ0n) is 19.4. The quantitative estimate of drug-likeness (QED) is 0.431. The number of benzene rings is 2. The van der Waals surface area contributed by atoms with Crippen molar-refractivity contribution in [3.63, 3.8) is 0 Å². The van der Waals surface area contributed by atoms with Gasteiger partial charge in [0.25, 0.3) is 0 Å². The van der Waals surface area contributed by atoms with Gasteiger partial charge < -0.3 is 25.2 Å². The molecule has 1 heterocycles. The van der Waals surface area contributed by atoms with E-state index in [-0.39, 0.29) is 36.9 Å². The third-order valence-corrected chi connectivity index (χ3v) is 5.97. The van der Waals surface area contributed by atoms with E-state index in [0.717, 1.165) is 28.5 Å². The summed E-state index contributed by atoms with van der Waals surface area (Å²) >= 11 is 0. The monoisotopic (exact) mass is 478 g/mol. The molecule has 1 aliphatic carbocycles. The van der Waals surface area contributed by atoms with Crippen LogP contribution in [0, 0.1) is 0 Å². The molecule has 0 fully saturated rings. The second kappa shape index (κ2) is 10.4. The minimum absolute atomic E-state index is 0.0132. The van der Waals surface area contributed by atoms with Crippen LogP contribution in [0.2, 0.25) is 0 Å². The summed E-state index contributed by atoms with van der Waals surface area (Å²) in [5.74, 6) is -1.95. The summed E-state index contributed by atoms with van der Waals surface area (Å²) in [6.07, 6.45) is 0.542. The minimum atomic E-state index is -1.23. The van der Waals surface area contributed by atoms with Crippen molar-refractivity contribution in [1.29, 1.82) is 0 Å². The number of carboxylic acid groups (broad SMARTS) is 1. The van der Waals surface area contributed by atoms with Crippen molar-refractivity contribution < 1.29 is 29.0 Å². The maximum atomic E-state index is 12.9. The van der Waals surface area contributed by atoms with E-state index in [1.165, 1.54) is 18.8 Å². The predicted molar refractivity (Wildman–Crippen MR) is 127 cm³/mol. The number of ether oxygens (including phenoxy) is 2. The Morgan fingerprint density at radius 2 is 1.71 bits per heavy atom. The lowest BCUT2D eigenvalue weighted by Gasteiger charge is -2.20. The molecule has 1 aromatic heterocycles. The number of aromatic nitrogens is 2. The van der Waals surface area contributed by atoms with E-state index in [9.17, 15) is 19.5 Å². The average Bonchev–Trinajstić information content (AvgIpc) is 3.38. The van der Waals surface area contributed by atoms with Crippen LogP contribution in [0.5, 0.6) is 0 Å². The number of carboxylic acids is 1. The van der Waals surface area contributed by atoms with Gasteiger partial charge in [-0.25, -0.2) is 9.59 Å². The molecule has 10 nitrogen and oxygen atoms in total. The highest BCUT2D eigenvalue weighted by Gasteiger charge is 2.30. The van der Waals surface area contributed by atoms with Crippen molar-refractivity contribution in [2.75, 3.05) is 25.6 Å². The SMILES string of the molecule is COCCC(NC(=O)OCC1c2ccccc2-c2ccccc21)C(=O)Nc1c(C(=O)O)cnn1C. The molecule has 4 rings (SSSR count). The van der Waals surface area contributed by atoms with E-state index in [1.807, 2.05) is 48.5 Å². The van der Waals surface area contributed by atoms with Gasteiger partial charge >= 0.3 is 12.1 Å². The van der Waals surface area contributed by atoms with Gasteiger partial charge in [0.2, 0.25) is 5.91 Å². The number of aromatic carboxylic acids is 1. The first-order chi connectivity index (χ1) is 16.9. The number of carbonyl (C=O) groups is 3. The molecule has 182 valence electrons. The number of hydrogen-bond donors (Lipinski definition) is 3. The fraction of sp³-hybridized carbons (Fsp3) is 0.280. The zero-order chi connectivity index (χ0) is 24.9. The average molecular weight is 479 g/mol.